The number of carbonyl (C=O) groups excluding carboxylic acids is 2. The van der Waals surface area contributed by atoms with E-state index in [0.717, 1.165) is 11.3 Å². The zero-order valence-electron chi connectivity index (χ0n) is 13.3. The summed E-state index contributed by atoms with van der Waals surface area (Å²) < 4.78 is 13.4. The Morgan fingerprint density at radius 2 is 1.71 bits per heavy atom. The van der Waals surface area contributed by atoms with E-state index < -0.39 is 17.6 Å². The minimum atomic E-state index is -1.000. The van der Waals surface area contributed by atoms with Gasteiger partial charge in [-0.2, -0.15) is 5.10 Å². The van der Waals surface area contributed by atoms with Crippen LogP contribution in [0, 0.1) is 5.82 Å². The summed E-state index contributed by atoms with van der Waals surface area (Å²) in [7, 11) is 3.86. The van der Waals surface area contributed by atoms with Crippen molar-refractivity contribution in [2.24, 2.45) is 5.10 Å². The molecule has 0 bridgehead atoms. The first-order valence-corrected chi connectivity index (χ1v) is 7.13. The van der Waals surface area contributed by atoms with Crippen LogP contribution in [-0.4, -0.2) is 32.1 Å². The summed E-state index contributed by atoms with van der Waals surface area (Å²) in [6.07, 6.45) is 1.41. The molecule has 0 fully saturated rings. The number of rotatable bonds is 4. The van der Waals surface area contributed by atoms with Crippen molar-refractivity contribution >= 4 is 29.4 Å². The van der Waals surface area contributed by atoms with Gasteiger partial charge < -0.3 is 10.2 Å². The van der Waals surface area contributed by atoms with Crippen LogP contribution in [0.25, 0.3) is 0 Å². The lowest BCUT2D eigenvalue weighted by Gasteiger charge is -2.11. The van der Waals surface area contributed by atoms with E-state index in [-0.39, 0.29) is 5.69 Å². The van der Waals surface area contributed by atoms with Crippen molar-refractivity contribution in [3.63, 3.8) is 0 Å². The van der Waals surface area contributed by atoms with Gasteiger partial charge in [0.25, 0.3) is 0 Å². The average molecular weight is 328 g/mol. The maximum Gasteiger partial charge on any atom is 0.329 e. The van der Waals surface area contributed by atoms with Crippen molar-refractivity contribution in [1.82, 2.24) is 5.43 Å². The van der Waals surface area contributed by atoms with E-state index in [2.05, 4.69) is 15.8 Å². The Labute approximate surface area is 139 Å². The Hall–Kier alpha value is -3.22. The summed E-state index contributed by atoms with van der Waals surface area (Å²) in [5.74, 6) is -2.61. The van der Waals surface area contributed by atoms with Crippen molar-refractivity contribution in [2.45, 2.75) is 0 Å². The van der Waals surface area contributed by atoms with Crippen LogP contribution in [0.1, 0.15) is 5.56 Å². The van der Waals surface area contributed by atoms with Crippen molar-refractivity contribution in [1.29, 1.82) is 0 Å². The topological polar surface area (TPSA) is 73.8 Å². The second kappa shape index (κ2) is 7.87. The van der Waals surface area contributed by atoms with Crippen LogP contribution in [0.15, 0.2) is 53.6 Å². The molecule has 0 atom stereocenters. The van der Waals surface area contributed by atoms with E-state index >= 15 is 0 Å². The third-order valence-electron chi connectivity index (χ3n) is 3.12. The van der Waals surface area contributed by atoms with Gasteiger partial charge in [-0.3, -0.25) is 9.59 Å². The van der Waals surface area contributed by atoms with Crippen LogP contribution in [0.2, 0.25) is 0 Å². The summed E-state index contributed by atoms with van der Waals surface area (Å²) in [4.78, 5) is 25.2. The molecule has 2 N–H and O–H groups in total. The number of anilines is 2. The fraction of sp³-hybridized carbons (Fsp3) is 0.118. The molecule has 0 spiro atoms. The van der Waals surface area contributed by atoms with Crippen LogP contribution in [-0.2, 0) is 9.59 Å². The highest BCUT2D eigenvalue weighted by molar-refractivity contribution is 6.39. The molecule has 0 aliphatic heterocycles. The summed E-state index contributed by atoms with van der Waals surface area (Å²) in [6.45, 7) is 0. The Morgan fingerprint density at radius 3 is 2.33 bits per heavy atom. The highest BCUT2D eigenvalue weighted by Gasteiger charge is 2.14. The number of para-hydroxylation sites is 1. The summed E-state index contributed by atoms with van der Waals surface area (Å²) in [5.41, 5.74) is 3.81. The molecule has 0 aliphatic carbocycles. The minimum absolute atomic E-state index is 0.0686. The molecule has 24 heavy (non-hydrogen) atoms. The lowest BCUT2D eigenvalue weighted by Crippen LogP contribution is -2.32. The number of carbonyl (C=O) groups is 2. The van der Waals surface area contributed by atoms with E-state index in [1.54, 1.807) is 6.07 Å². The summed E-state index contributed by atoms with van der Waals surface area (Å²) in [5, 5.41) is 5.88. The third-order valence-corrected chi connectivity index (χ3v) is 3.12. The van der Waals surface area contributed by atoms with Crippen LogP contribution < -0.4 is 15.6 Å². The van der Waals surface area contributed by atoms with Gasteiger partial charge in [0.1, 0.15) is 5.82 Å². The summed E-state index contributed by atoms with van der Waals surface area (Å²) in [6, 6.07) is 13.0. The molecule has 2 aromatic carbocycles. The molecule has 0 heterocycles. The second-order valence-electron chi connectivity index (χ2n) is 5.12. The number of hydrogen-bond donors (Lipinski definition) is 2. The highest BCUT2D eigenvalue weighted by Crippen LogP contribution is 2.12. The molecule has 6 nitrogen and oxygen atoms in total. The zero-order valence-corrected chi connectivity index (χ0v) is 13.3. The van der Waals surface area contributed by atoms with Gasteiger partial charge in [0.15, 0.2) is 0 Å². The predicted octanol–water partition coefficient (Wildman–Crippen LogP) is 1.98. The van der Waals surface area contributed by atoms with E-state index in [4.69, 9.17) is 0 Å². The standard InChI is InChI=1S/C17H17FN4O2/c1-22(2)13-9-7-12(8-10-13)11-19-21-17(24)16(23)20-15-6-4-3-5-14(15)18/h3-11H,1-2H3,(H,20,23)(H,21,24)/b19-11+. The van der Waals surface area contributed by atoms with Gasteiger partial charge in [-0.15, -0.1) is 0 Å². The molecule has 0 aromatic heterocycles. The van der Waals surface area contributed by atoms with Crippen LogP contribution in [0.5, 0.6) is 0 Å². The number of hydrazone groups is 1. The Balaban J connectivity index is 1.90. The van der Waals surface area contributed by atoms with Gasteiger partial charge in [-0.05, 0) is 29.8 Å². The molecular weight excluding hydrogens is 311 g/mol. The van der Waals surface area contributed by atoms with Gasteiger partial charge in [-0.1, -0.05) is 24.3 Å². The van der Waals surface area contributed by atoms with E-state index in [9.17, 15) is 14.0 Å². The smallest absolute Gasteiger partial charge is 0.329 e. The Morgan fingerprint density at radius 1 is 1.04 bits per heavy atom. The van der Waals surface area contributed by atoms with Crippen molar-refractivity contribution < 1.29 is 14.0 Å². The molecule has 2 amide bonds. The predicted molar refractivity (Wildman–Crippen MR) is 91.5 cm³/mol. The number of nitrogens with zero attached hydrogens (tertiary/aromatic N) is 2. The zero-order chi connectivity index (χ0) is 17.5. The van der Waals surface area contributed by atoms with Crippen molar-refractivity contribution in [3.05, 3.63) is 59.9 Å². The van der Waals surface area contributed by atoms with Crippen LogP contribution in [0.4, 0.5) is 15.8 Å². The fourth-order valence-electron chi connectivity index (χ4n) is 1.82. The Kier molecular flexibility index (Phi) is 5.62. The second-order valence-corrected chi connectivity index (χ2v) is 5.12. The monoisotopic (exact) mass is 328 g/mol. The lowest BCUT2D eigenvalue weighted by atomic mass is 10.2. The summed E-state index contributed by atoms with van der Waals surface area (Å²) >= 11 is 0. The van der Waals surface area contributed by atoms with Gasteiger partial charge in [0.05, 0.1) is 11.9 Å². The first kappa shape index (κ1) is 17.1. The third kappa shape index (κ3) is 4.64. The molecular formula is C17H17FN4O2. The number of nitrogens with one attached hydrogen (secondary N) is 2. The molecule has 0 aliphatic rings. The van der Waals surface area contributed by atoms with Crippen LogP contribution >= 0.6 is 0 Å². The van der Waals surface area contributed by atoms with Gasteiger partial charge in [0, 0.05) is 19.8 Å². The first-order chi connectivity index (χ1) is 11.5. The Bertz CT molecular complexity index is 757. The molecule has 2 rings (SSSR count). The molecule has 0 unspecified atom stereocenters. The molecule has 2 aromatic rings. The van der Waals surface area contributed by atoms with Crippen molar-refractivity contribution in [2.75, 3.05) is 24.3 Å². The normalized spacial score (nSPS) is 10.5. The fourth-order valence-corrected chi connectivity index (χ4v) is 1.82. The SMILES string of the molecule is CN(C)c1ccc(/C=N/NC(=O)C(=O)Nc2ccccc2F)cc1. The molecule has 7 heteroatoms. The van der Waals surface area contributed by atoms with E-state index in [1.807, 2.05) is 43.3 Å². The highest BCUT2D eigenvalue weighted by atomic mass is 19.1. The number of hydrogen-bond acceptors (Lipinski definition) is 4. The molecule has 0 saturated carbocycles. The van der Waals surface area contributed by atoms with Crippen molar-refractivity contribution in [3.8, 4) is 0 Å². The maximum absolute atomic E-state index is 13.4. The molecule has 124 valence electrons. The minimum Gasteiger partial charge on any atom is -0.378 e. The number of amides is 2. The van der Waals surface area contributed by atoms with Gasteiger partial charge in [-0.25, -0.2) is 9.82 Å². The number of benzene rings is 2. The number of halogens is 1. The maximum atomic E-state index is 13.4. The van der Waals surface area contributed by atoms with Crippen LogP contribution in [0.3, 0.4) is 0 Å². The average Bonchev–Trinajstić information content (AvgIpc) is 2.57. The van der Waals surface area contributed by atoms with E-state index in [0.29, 0.717) is 0 Å². The quantitative estimate of drug-likeness (QED) is 0.512. The van der Waals surface area contributed by atoms with Gasteiger partial charge >= 0.3 is 11.8 Å². The first-order valence-electron chi connectivity index (χ1n) is 7.13. The van der Waals surface area contributed by atoms with E-state index in [1.165, 1.54) is 24.4 Å². The lowest BCUT2D eigenvalue weighted by molar-refractivity contribution is -0.136. The molecule has 0 saturated heterocycles. The largest absolute Gasteiger partial charge is 0.378 e. The molecule has 0 radical (unpaired) electrons. The van der Waals surface area contributed by atoms with Gasteiger partial charge in [0.2, 0.25) is 0 Å².